The van der Waals surface area contributed by atoms with E-state index in [4.69, 9.17) is 4.42 Å². The van der Waals surface area contributed by atoms with Gasteiger partial charge in [0.1, 0.15) is 5.52 Å². The molecule has 1 aliphatic heterocycles. The van der Waals surface area contributed by atoms with Crippen molar-refractivity contribution in [2.75, 3.05) is 32.7 Å². The molecule has 24 heavy (non-hydrogen) atoms. The van der Waals surface area contributed by atoms with E-state index in [9.17, 15) is 9.59 Å². The van der Waals surface area contributed by atoms with Gasteiger partial charge in [0.15, 0.2) is 12.0 Å². The molecule has 0 spiro atoms. The second-order valence-electron chi connectivity index (χ2n) is 5.90. The van der Waals surface area contributed by atoms with E-state index in [1.165, 1.54) is 6.39 Å². The number of hydrogen-bond donors (Lipinski definition) is 1. The van der Waals surface area contributed by atoms with Gasteiger partial charge < -0.3 is 19.5 Å². The standard InChI is InChI=1S/C17H22N4O3/c1-2-6-18-17(23)21-8-3-7-20(9-10-21)16(22)13-4-5-14-15(11-13)24-12-19-14/h4-5,11-12H,2-3,6-10H2,1H3,(H,18,23). The van der Waals surface area contributed by atoms with E-state index >= 15 is 0 Å². The summed E-state index contributed by atoms with van der Waals surface area (Å²) >= 11 is 0. The van der Waals surface area contributed by atoms with Crippen molar-refractivity contribution in [2.45, 2.75) is 19.8 Å². The third-order valence-corrected chi connectivity index (χ3v) is 4.17. The highest BCUT2D eigenvalue weighted by atomic mass is 16.3. The number of carbonyl (C=O) groups is 2. The monoisotopic (exact) mass is 330 g/mol. The quantitative estimate of drug-likeness (QED) is 0.935. The van der Waals surface area contributed by atoms with E-state index in [1.807, 2.05) is 6.92 Å². The molecular weight excluding hydrogens is 308 g/mol. The Balaban J connectivity index is 1.64. The maximum Gasteiger partial charge on any atom is 0.317 e. The zero-order chi connectivity index (χ0) is 16.9. The highest BCUT2D eigenvalue weighted by Crippen LogP contribution is 2.16. The predicted octanol–water partition coefficient (Wildman–Crippen LogP) is 2.10. The summed E-state index contributed by atoms with van der Waals surface area (Å²) in [6.07, 6.45) is 3.06. The van der Waals surface area contributed by atoms with E-state index in [2.05, 4.69) is 10.3 Å². The zero-order valence-electron chi connectivity index (χ0n) is 13.8. The van der Waals surface area contributed by atoms with Crippen molar-refractivity contribution in [3.8, 4) is 0 Å². The van der Waals surface area contributed by atoms with Crippen LogP contribution in [0.5, 0.6) is 0 Å². The minimum atomic E-state index is -0.0470. The molecule has 0 radical (unpaired) electrons. The molecule has 0 atom stereocenters. The molecule has 0 unspecified atom stereocenters. The molecule has 2 heterocycles. The van der Waals surface area contributed by atoms with Gasteiger partial charge in [-0.2, -0.15) is 0 Å². The number of urea groups is 1. The molecule has 0 bridgehead atoms. The second-order valence-corrected chi connectivity index (χ2v) is 5.90. The van der Waals surface area contributed by atoms with E-state index in [1.54, 1.807) is 28.0 Å². The van der Waals surface area contributed by atoms with Gasteiger partial charge in [-0.3, -0.25) is 4.79 Å². The number of nitrogens with one attached hydrogen (secondary N) is 1. The van der Waals surface area contributed by atoms with E-state index in [0.29, 0.717) is 43.9 Å². The van der Waals surface area contributed by atoms with Crippen molar-refractivity contribution < 1.29 is 14.0 Å². The van der Waals surface area contributed by atoms with E-state index in [0.717, 1.165) is 18.4 Å². The average Bonchev–Trinajstić information content (AvgIpc) is 2.93. The smallest absolute Gasteiger partial charge is 0.317 e. The van der Waals surface area contributed by atoms with Gasteiger partial charge in [-0.15, -0.1) is 0 Å². The fourth-order valence-electron chi connectivity index (χ4n) is 2.84. The summed E-state index contributed by atoms with van der Waals surface area (Å²) in [5, 5.41) is 2.89. The summed E-state index contributed by atoms with van der Waals surface area (Å²) in [6, 6.07) is 5.23. The van der Waals surface area contributed by atoms with Gasteiger partial charge in [0.25, 0.3) is 5.91 Å². The van der Waals surface area contributed by atoms with Gasteiger partial charge in [0.05, 0.1) is 0 Å². The highest BCUT2D eigenvalue weighted by Gasteiger charge is 2.23. The van der Waals surface area contributed by atoms with Crippen LogP contribution in [-0.4, -0.2) is 59.4 Å². The van der Waals surface area contributed by atoms with Gasteiger partial charge in [-0.05, 0) is 31.0 Å². The van der Waals surface area contributed by atoms with Crippen molar-refractivity contribution >= 4 is 23.0 Å². The van der Waals surface area contributed by atoms with Crippen molar-refractivity contribution in [1.82, 2.24) is 20.1 Å². The van der Waals surface area contributed by atoms with Crippen LogP contribution < -0.4 is 5.32 Å². The van der Waals surface area contributed by atoms with Crippen LogP contribution in [0, 0.1) is 0 Å². The highest BCUT2D eigenvalue weighted by molar-refractivity contribution is 5.97. The molecule has 1 fully saturated rings. The number of hydrogen-bond acceptors (Lipinski definition) is 4. The van der Waals surface area contributed by atoms with Crippen LogP contribution in [0.2, 0.25) is 0 Å². The zero-order valence-corrected chi connectivity index (χ0v) is 13.8. The molecule has 3 rings (SSSR count). The van der Waals surface area contributed by atoms with Crippen LogP contribution in [0.1, 0.15) is 30.1 Å². The lowest BCUT2D eigenvalue weighted by molar-refractivity contribution is 0.0762. The van der Waals surface area contributed by atoms with Crippen LogP contribution >= 0.6 is 0 Å². The molecule has 1 saturated heterocycles. The Kier molecular flexibility index (Phi) is 4.98. The van der Waals surface area contributed by atoms with Crippen LogP contribution in [0.15, 0.2) is 29.0 Å². The van der Waals surface area contributed by atoms with Crippen LogP contribution in [-0.2, 0) is 0 Å². The van der Waals surface area contributed by atoms with Crippen LogP contribution in [0.3, 0.4) is 0 Å². The Hall–Kier alpha value is -2.57. The number of fused-ring (bicyclic) bond motifs is 1. The van der Waals surface area contributed by atoms with Gasteiger partial charge in [0.2, 0.25) is 0 Å². The molecule has 1 aromatic heterocycles. The first-order chi connectivity index (χ1) is 11.7. The summed E-state index contributed by atoms with van der Waals surface area (Å²) in [6.45, 7) is 5.09. The normalized spacial score (nSPS) is 15.4. The molecular formula is C17H22N4O3. The Morgan fingerprint density at radius 1 is 1.21 bits per heavy atom. The van der Waals surface area contributed by atoms with Gasteiger partial charge >= 0.3 is 6.03 Å². The molecule has 7 heteroatoms. The Morgan fingerprint density at radius 2 is 2.00 bits per heavy atom. The molecule has 128 valence electrons. The average molecular weight is 330 g/mol. The first kappa shape index (κ1) is 16.3. The minimum absolute atomic E-state index is 0.0379. The molecule has 7 nitrogen and oxygen atoms in total. The number of amides is 3. The second kappa shape index (κ2) is 7.33. The molecule has 2 aromatic rings. The topological polar surface area (TPSA) is 78.7 Å². The molecule has 1 aromatic carbocycles. The van der Waals surface area contributed by atoms with Crippen molar-refractivity contribution in [2.24, 2.45) is 0 Å². The summed E-state index contributed by atoms with van der Waals surface area (Å²) in [7, 11) is 0. The minimum Gasteiger partial charge on any atom is -0.443 e. The van der Waals surface area contributed by atoms with Crippen molar-refractivity contribution in [1.29, 1.82) is 0 Å². The first-order valence-corrected chi connectivity index (χ1v) is 8.34. The van der Waals surface area contributed by atoms with Crippen molar-refractivity contribution in [3.63, 3.8) is 0 Å². The Bertz CT molecular complexity index is 727. The summed E-state index contributed by atoms with van der Waals surface area (Å²) in [5.41, 5.74) is 1.93. The first-order valence-electron chi connectivity index (χ1n) is 8.34. The third-order valence-electron chi connectivity index (χ3n) is 4.17. The molecule has 1 aliphatic rings. The fraction of sp³-hybridized carbons (Fsp3) is 0.471. The van der Waals surface area contributed by atoms with Crippen molar-refractivity contribution in [3.05, 3.63) is 30.2 Å². The van der Waals surface area contributed by atoms with Gasteiger partial charge in [-0.1, -0.05) is 6.92 Å². The number of rotatable bonds is 3. The van der Waals surface area contributed by atoms with Gasteiger partial charge in [-0.25, -0.2) is 9.78 Å². The maximum atomic E-state index is 12.7. The number of carbonyl (C=O) groups excluding carboxylic acids is 2. The fourth-order valence-corrected chi connectivity index (χ4v) is 2.84. The van der Waals surface area contributed by atoms with Crippen LogP contribution in [0.4, 0.5) is 4.79 Å². The summed E-state index contributed by atoms with van der Waals surface area (Å²) < 4.78 is 5.26. The predicted molar refractivity (Wildman–Crippen MR) is 89.8 cm³/mol. The number of nitrogens with zero attached hydrogens (tertiary/aromatic N) is 3. The van der Waals surface area contributed by atoms with E-state index < -0.39 is 0 Å². The lowest BCUT2D eigenvalue weighted by atomic mass is 10.1. The number of aromatic nitrogens is 1. The lowest BCUT2D eigenvalue weighted by Crippen LogP contribution is -2.42. The van der Waals surface area contributed by atoms with E-state index in [-0.39, 0.29) is 11.9 Å². The van der Waals surface area contributed by atoms with Crippen LogP contribution in [0.25, 0.3) is 11.1 Å². The molecule has 0 saturated carbocycles. The maximum absolute atomic E-state index is 12.7. The largest absolute Gasteiger partial charge is 0.443 e. The summed E-state index contributed by atoms with van der Waals surface area (Å²) in [5.74, 6) is -0.0379. The Labute approximate surface area is 140 Å². The molecule has 0 aliphatic carbocycles. The lowest BCUT2D eigenvalue weighted by Gasteiger charge is -2.22. The molecule has 1 N–H and O–H groups in total. The third kappa shape index (κ3) is 3.50. The Morgan fingerprint density at radius 3 is 2.83 bits per heavy atom. The molecule has 3 amide bonds. The number of benzene rings is 1. The van der Waals surface area contributed by atoms with Gasteiger partial charge in [0, 0.05) is 38.3 Å². The summed E-state index contributed by atoms with van der Waals surface area (Å²) in [4.78, 5) is 32.4. The SMILES string of the molecule is CCCNC(=O)N1CCCN(C(=O)c2ccc3ncoc3c2)CC1. The number of oxazole rings is 1.